The maximum absolute atomic E-state index is 13.1. The van der Waals surface area contributed by atoms with Crippen molar-refractivity contribution < 1.29 is 13.9 Å². The fourth-order valence-electron chi connectivity index (χ4n) is 1.91. The molecule has 6 heteroatoms. The predicted molar refractivity (Wildman–Crippen MR) is 85.0 cm³/mol. The van der Waals surface area contributed by atoms with Gasteiger partial charge in [0.1, 0.15) is 11.6 Å². The van der Waals surface area contributed by atoms with Crippen LogP contribution in [0.2, 0.25) is 5.02 Å². The summed E-state index contributed by atoms with van der Waals surface area (Å²) in [4.78, 5) is 11.9. The van der Waals surface area contributed by atoms with Gasteiger partial charge in [0.05, 0.1) is 18.2 Å². The molecule has 1 unspecified atom stereocenters. The van der Waals surface area contributed by atoms with Gasteiger partial charge >= 0.3 is 6.03 Å². The second kappa shape index (κ2) is 7.13. The molecule has 0 aliphatic heterocycles. The molecule has 0 aromatic heterocycles. The van der Waals surface area contributed by atoms with E-state index in [2.05, 4.69) is 10.6 Å². The van der Waals surface area contributed by atoms with Crippen molar-refractivity contribution in [1.29, 1.82) is 0 Å². The zero-order valence-electron chi connectivity index (χ0n) is 12.2. The summed E-state index contributed by atoms with van der Waals surface area (Å²) in [6.07, 6.45) is 0. The number of ether oxygens (including phenoxy) is 1. The van der Waals surface area contributed by atoms with Gasteiger partial charge in [-0.1, -0.05) is 23.7 Å². The Labute approximate surface area is 133 Å². The first-order valence-electron chi connectivity index (χ1n) is 6.66. The van der Waals surface area contributed by atoms with Gasteiger partial charge in [0.15, 0.2) is 0 Å². The molecule has 0 saturated carbocycles. The zero-order chi connectivity index (χ0) is 16.1. The van der Waals surface area contributed by atoms with Crippen LogP contribution in [0.1, 0.15) is 18.5 Å². The summed E-state index contributed by atoms with van der Waals surface area (Å²) < 4.78 is 18.1. The number of methoxy groups -OCH3 is 1. The highest BCUT2D eigenvalue weighted by molar-refractivity contribution is 6.31. The van der Waals surface area contributed by atoms with Gasteiger partial charge in [0, 0.05) is 5.69 Å². The van der Waals surface area contributed by atoms with Gasteiger partial charge in [-0.3, -0.25) is 0 Å². The van der Waals surface area contributed by atoms with E-state index in [1.54, 1.807) is 7.11 Å². The van der Waals surface area contributed by atoms with E-state index in [9.17, 15) is 9.18 Å². The van der Waals surface area contributed by atoms with Gasteiger partial charge in [-0.05, 0) is 42.8 Å². The Morgan fingerprint density at radius 2 is 1.91 bits per heavy atom. The summed E-state index contributed by atoms with van der Waals surface area (Å²) in [5.74, 6) is 0.223. The molecule has 0 bridgehead atoms. The molecule has 2 amide bonds. The monoisotopic (exact) mass is 322 g/mol. The second-order valence-corrected chi connectivity index (χ2v) is 5.13. The number of nitrogens with one attached hydrogen (secondary N) is 2. The highest BCUT2D eigenvalue weighted by Gasteiger charge is 2.10. The normalized spacial score (nSPS) is 11.6. The first-order valence-corrected chi connectivity index (χ1v) is 7.04. The number of anilines is 1. The van der Waals surface area contributed by atoms with Crippen molar-refractivity contribution in [3.8, 4) is 5.75 Å². The Bertz CT molecular complexity index is 662. The average Bonchev–Trinajstić information content (AvgIpc) is 2.51. The van der Waals surface area contributed by atoms with E-state index in [1.165, 1.54) is 18.2 Å². The summed E-state index contributed by atoms with van der Waals surface area (Å²) in [7, 11) is 1.60. The Morgan fingerprint density at radius 1 is 1.23 bits per heavy atom. The number of urea groups is 1. The van der Waals surface area contributed by atoms with Crippen molar-refractivity contribution in [2.45, 2.75) is 13.0 Å². The van der Waals surface area contributed by atoms with Crippen LogP contribution in [0.5, 0.6) is 5.75 Å². The minimum absolute atomic E-state index is 0.0407. The Balaban J connectivity index is 1.96. The smallest absolute Gasteiger partial charge is 0.319 e. The van der Waals surface area contributed by atoms with E-state index < -0.39 is 11.8 Å². The number of hydrogen-bond acceptors (Lipinski definition) is 2. The number of benzene rings is 2. The molecule has 0 heterocycles. The molecule has 0 saturated heterocycles. The highest BCUT2D eigenvalue weighted by atomic mass is 35.5. The van der Waals surface area contributed by atoms with Crippen LogP contribution in [-0.4, -0.2) is 13.1 Å². The van der Waals surface area contributed by atoms with E-state index in [4.69, 9.17) is 16.3 Å². The lowest BCUT2D eigenvalue weighted by Crippen LogP contribution is -2.31. The van der Waals surface area contributed by atoms with Crippen molar-refractivity contribution in [2.24, 2.45) is 0 Å². The van der Waals surface area contributed by atoms with E-state index in [1.807, 2.05) is 31.2 Å². The van der Waals surface area contributed by atoms with Gasteiger partial charge < -0.3 is 15.4 Å². The van der Waals surface area contributed by atoms with Crippen molar-refractivity contribution in [3.05, 3.63) is 58.9 Å². The lowest BCUT2D eigenvalue weighted by molar-refractivity contribution is 0.249. The second-order valence-electron chi connectivity index (χ2n) is 4.72. The first-order chi connectivity index (χ1) is 10.5. The molecule has 2 rings (SSSR count). The molecule has 0 radical (unpaired) electrons. The topological polar surface area (TPSA) is 50.4 Å². The lowest BCUT2D eigenvalue weighted by atomic mass is 10.1. The van der Waals surface area contributed by atoms with Crippen LogP contribution in [0, 0.1) is 5.82 Å². The van der Waals surface area contributed by atoms with Gasteiger partial charge in [-0.2, -0.15) is 0 Å². The van der Waals surface area contributed by atoms with Crippen LogP contribution in [0.25, 0.3) is 0 Å². The molecule has 2 N–H and O–H groups in total. The maximum atomic E-state index is 13.1. The molecule has 0 aliphatic rings. The zero-order valence-corrected chi connectivity index (χ0v) is 12.9. The summed E-state index contributed by atoms with van der Waals surface area (Å²) in [5.41, 5.74) is 1.36. The molecule has 0 fully saturated rings. The van der Waals surface area contributed by atoms with E-state index >= 15 is 0 Å². The third-order valence-electron chi connectivity index (χ3n) is 3.14. The largest absolute Gasteiger partial charge is 0.497 e. The third kappa shape index (κ3) is 4.11. The number of hydrogen-bond donors (Lipinski definition) is 2. The lowest BCUT2D eigenvalue weighted by Gasteiger charge is -2.15. The average molecular weight is 323 g/mol. The summed E-state index contributed by atoms with van der Waals surface area (Å²) >= 11 is 5.67. The van der Waals surface area contributed by atoms with Gasteiger partial charge in [-0.25, -0.2) is 9.18 Å². The fourth-order valence-corrected chi connectivity index (χ4v) is 2.09. The van der Waals surface area contributed by atoms with Crippen LogP contribution >= 0.6 is 11.6 Å². The quantitative estimate of drug-likeness (QED) is 0.878. The summed E-state index contributed by atoms with van der Waals surface area (Å²) in [5, 5.41) is 5.36. The highest BCUT2D eigenvalue weighted by Crippen LogP contribution is 2.20. The molecule has 2 aromatic carbocycles. The van der Waals surface area contributed by atoms with E-state index in [0.29, 0.717) is 5.69 Å². The van der Waals surface area contributed by atoms with Crippen LogP contribution in [0.4, 0.5) is 14.9 Å². The molecule has 0 spiro atoms. The Hall–Kier alpha value is -2.27. The Kier molecular flexibility index (Phi) is 5.22. The molecular formula is C16H16ClFN2O2. The van der Waals surface area contributed by atoms with E-state index in [0.717, 1.165) is 11.3 Å². The summed E-state index contributed by atoms with van der Waals surface area (Å²) in [6.45, 7) is 1.86. The molecule has 4 nitrogen and oxygen atoms in total. The predicted octanol–water partition coefficient (Wildman–Crippen LogP) is 4.37. The molecular weight excluding hydrogens is 307 g/mol. The Morgan fingerprint density at radius 3 is 2.50 bits per heavy atom. The molecule has 116 valence electrons. The van der Waals surface area contributed by atoms with Crippen LogP contribution in [0.15, 0.2) is 42.5 Å². The molecule has 1 atom stereocenters. The third-order valence-corrected chi connectivity index (χ3v) is 3.43. The van der Waals surface area contributed by atoms with Crippen molar-refractivity contribution in [1.82, 2.24) is 5.32 Å². The minimum atomic E-state index is -0.528. The number of rotatable bonds is 4. The van der Waals surface area contributed by atoms with Crippen molar-refractivity contribution in [2.75, 3.05) is 12.4 Å². The SMILES string of the molecule is COc1ccc(C(C)NC(=O)Nc2ccc(F)c(Cl)c2)cc1. The first kappa shape index (κ1) is 16.1. The van der Waals surface area contributed by atoms with Crippen LogP contribution in [-0.2, 0) is 0 Å². The van der Waals surface area contributed by atoms with Gasteiger partial charge in [0.25, 0.3) is 0 Å². The maximum Gasteiger partial charge on any atom is 0.319 e. The van der Waals surface area contributed by atoms with Gasteiger partial charge in [0.2, 0.25) is 0 Å². The van der Waals surface area contributed by atoms with Crippen LogP contribution in [0.3, 0.4) is 0 Å². The van der Waals surface area contributed by atoms with E-state index in [-0.39, 0.29) is 11.1 Å². The van der Waals surface area contributed by atoms with Crippen LogP contribution < -0.4 is 15.4 Å². The fraction of sp³-hybridized carbons (Fsp3) is 0.188. The van der Waals surface area contributed by atoms with Crippen molar-refractivity contribution >= 4 is 23.3 Å². The number of amides is 2. The molecule has 2 aromatic rings. The standard InChI is InChI=1S/C16H16ClFN2O2/c1-10(11-3-6-13(22-2)7-4-11)19-16(21)20-12-5-8-15(18)14(17)9-12/h3-10H,1-2H3,(H2,19,20,21). The number of halogens is 2. The number of carbonyl (C=O) groups excluding carboxylic acids is 1. The summed E-state index contributed by atoms with van der Waals surface area (Å²) in [6, 6.07) is 10.8. The van der Waals surface area contributed by atoms with Gasteiger partial charge in [-0.15, -0.1) is 0 Å². The minimum Gasteiger partial charge on any atom is -0.497 e. The van der Waals surface area contributed by atoms with Crippen molar-refractivity contribution in [3.63, 3.8) is 0 Å². The number of carbonyl (C=O) groups is 1. The molecule has 22 heavy (non-hydrogen) atoms. The molecule has 0 aliphatic carbocycles.